The molecule has 36 unspecified atom stereocenters. The van der Waals surface area contributed by atoms with Crippen molar-refractivity contribution in [2.45, 2.75) is 292 Å². The second kappa shape index (κ2) is 24.5. The minimum Gasteiger partial charge on any atom is -0.479 e. The lowest BCUT2D eigenvalue weighted by Crippen LogP contribution is -2.69. The summed E-state index contributed by atoms with van der Waals surface area (Å²) in [6, 6.07) is 0. The summed E-state index contributed by atoms with van der Waals surface area (Å²) >= 11 is 0. The minimum atomic E-state index is -2.18. The Kier molecular flexibility index (Phi) is 19.2. The van der Waals surface area contributed by atoms with Crippen molar-refractivity contribution in [2.75, 3.05) is 13.2 Å². The first-order valence-electron chi connectivity index (χ1n) is 31.1. The topological polar surface area (TPSA) is 433 Å². The highest BCUT2D eigenvalue weighted by Gasteiger charge is 2.71. The van der Waals surface area contributed by atoms with Crippen molar-refractivity contribution in [1.29, 1.82) is 0 Å². The van der Waals surface area contributed by atoms with Crippen LogP contribution in [-0.2, 0) is 52.2 Å². The summed E-state index contributed by atoms with van der Waals surface area (Å²) in [7, 11) is 0. The molecule has 27 nitrogen and oxygen atoms in total. The molecule has 0 bridgehead atoms. The molecule has 36 atom stereocenters. The van der Waals surface area contributed by atoms with Gasteiger partial charge in [-0.05, 0) is 112 Å². The summed E-state index contributed by atoms with van der Waals surface area (Å²) in [6.07, 6.45) is -38.1. The third kappa shape index (κ3) is 11.0. The lowest BCUT2D eigenvalue weighted by molar-refractivity contribution is -0.407. The van der Waals surface area contributed by atoms with E-state index in [2.05, 4.69) is 33.8 Å². The minimum absolute atomic E-state index is 0.0555. The highest BCUT2D eigenvalue weighted by atomic mass is 16.8. The Labute approximate surface area is 506 Å². The van der Waals surface area contributed by atoms with E-state index < -0.39 is 213 Å². The van der Waals surface area contributed by atoms with E-state index in [9.17, 15) is 86.5 Å². The molecule has 0 aromatic rings. The molecule has 87 heavy (non-hydrogen) atoms. The summed E-state index contributed by atoms with van der Waals surface area (Å²) < 4.78 is 61.2. The number of aliphatic carboxylic acids is 1. The van der Waals surface area contributed by atoms with Gasteiger partial charge in [-0.2, -0.15) is 0 Å². The van der Waals surface area contributed by atoms with E-state index in [0.717, 1.165) is 12.8 Å². The number of allylic oxidation sites excluding steroid dienone is 2. The number of carboxylic acids is 1. The van der Waals surface area contributed by atoms with E-state index in [0.29, 0.717) is 32.1 Å². The average Bonchev–Trinajstić information content (AvgIpc) is 0.678. The van der Waals surface area contributed by atoms with Crippen LogP contribution in [0.15, 0.2) is 11.6 Å². The molecular weight excluding hydrogens is 1150 g/mol. The maximum atomic E-state index is 12.8. The summed E-state index contributed by atoms with van der Waals surface area (Å²) in [5, 5.41) is 177. The molecule has 0 aromatic heterocycles. The van der Waals surface area contributed by atoms with Crippen molar-refractivity contribution in [3.05, 3.63) is 11.6 Å². The molecule has 10 rings (SSSR count). The van der Waals surface area contributed by atoms with E-state index in [1.54, 1.807) is 6.92 Å². The molecule has 9 fully saturated rings. The highest BCUT2D eigenvalue weighted by molar-refractivity contribution is 5.73. The second-order valence-corrected chi connectivity index (χ2v) is 29.2. The van der Waals surface area contributed by atoms with E-state index >= 15 is 0 Å². The largest absolute Gasteiger partial charge is 0.479 e. The first-order valence-corrected chi connectivity index (χ1v) is 31.1. The van der Waals surface area contributed by atoms with Crippen LogP contribution in [0.5, 0.6) is 0 Å². The summed E-state index contributed by atoms with van der Waals surface area (Å²) in [4.78, 5) is 12.8. The van der Waals surface area contributed by atoms with Gasteiger partial charge in [-0.25, -0.2) is 4.79 Å². The van der Waals surface area contributed by atoms with Gasteiger partial charge in [0.15, 0.2) is 37.6 Å². The van der Waals surface area contributed by atoms with Crippen molar-refractivity contribution in [3.8, 4) is 0 Å². The van der Waals surface area contributed by atoms with Crippen molar-refractivity contribution in [3.63, 3.8) is 0 Å². The summed E-state index contributed by atoms with van der Waals surface area (Å²) in [6.45, 7) is 18.0. The third-order valence-electron chi connectivity index (χ3n) is 23.9. The second-order valence-electron chi connectivity index (χ2n) is 29.2. The number of fused-ring (bicyclic) bond motifs is 7. The molecule has 0 aromatic carbocycles. The van der Waals surface area contributed by atoms with E-state index in [-0.39, 0.29) is 35.0 Å². The van der Waals surface area contributed by atoms with E-state index in [1.165, 1.54) is 19.4 Å². The Morgan fingerprint density at radius 2 is 1.02 bits per heavy atom. The lowest BCUT2D eigenvalue weighted by Gasteiger charge is -2.72. The van der Waals surface area contributed by atoms with Crippen LogP contribution in [0.25, 0.3) is 0 Å². The number of hydrogen-bond donors (Lipinski definition) is 16. The van der Waals surface area contributed by atoms with Gasteiger partial charge in [0.05, 0.1) is 49.8 Å². The van der Waals surface area contributed by atoms with Gasteiger partial charge in [-0.15, -0.1) is 0 Å². The van der Waals surface area contributed by atoms with Crippen LogP contribution in [0, 0.1) is 50.2 Å². The van der Waals surface area contributed by atoms with Crippen LogP contribution < -0.4 is 0 Å². The number of carboxylic acid groups (broad SMARTS) is 1. The summed E-state index contributed by atoms with van der Waals surface area (Å²) in [5.74, 6) is -1.88. The van der Waals surface area contributed by atoms with Crippen LogP contribution >= 0.6 is 0 Å². The van der Waals surface area contributed by atoms with Gasteiger partial charge in [-0.1, -0.05) is 60.1 Å². The van der Waals surface area contributed by atoms with Gasteiger partial charge in [0.1, 0.15) is 97.7 Å². The zero-order chi connectivity index (χ0) is 63.9. The fourth-order valence-corrected chi connectivity index (χ4v) is 18.1. The first kappa shape index (κ1) is 68.1. The molecular formula is C60H98O27. The van der Waals surface area contributed by atoms with Crippen molar-refractivity contribution >= 4 is 5.97 Å². The van der Waals surface area contributed by atoms with Crippen molar-refractivity contribution < 1.29 is 134 Å². The van der Waals surface area contributed by atoms with Gasteiger partial charge in [-0.3, -0.25) is 0 Å². The lowest BCUT2D eigenvalue weighted by atomic mass is 9.33. The maximum Gasteiger partial charge on any atom is 0.335 e. The standard InChI is InChI=1S/C60H98O27/c1-22-31(63)34(66)39(71)50(78-22)83-43-27(20-61)81-53(46(42(43)74)85-51-40(72)35(67)32(64)23(2)79-51)86-45-38(70)37(69)44(49(76)77)84-54(45)82-30-14-15-57(7)28(58(30,8)21-62)13-16-60(10)29(57)12-11-25-26-19-55(4,5)48(47(75)56(26,6)17-18-59(25,60)9)87-52-41(73)36(68)33(65)24(3)80-52/h11,22-24,26-48,50-54,61-75H,12-21H2,1-10H3,(H,76,77). The molecule has 0 amide bonds. The number of hydrogen-bond acceptors (Lipinski definition) is 26. The molecule has 0 spiro atoms. The monoisotopic (exact) mass is 1250 g/mol. The molecule has 500 valence electrons. The predicted molar refractivity (Wildman–Crippen MR) is 294 cm³/mol. The van der Waals surface area contributed by atoms with Crippen LogP contribution in [0.4, 0.5) is 0 Å². The smallest absolute Gasteiger partial charge is 0.335 e. The van der Waals surface area contributed by atoms with Crippen molar-refractivity contribution in [1.82, 2.24) is 0 Å². The van der Waals surface area contributed by atoms with E-state index in [1.807, 2.05) is 20.8 Å². The predicted octanol–water partition coefficient (Wildman–Crippen LogP) is -2.62. The number of carbonyl (C=O) groups is 1. The zero-order valence-corrected chi connectivity index (χ0v) is 51.2. The molecule has 4 saturated carbocycles. The van der Waals surface area contributed by atoms with Crippen LogP contribution in [0.1, 0.15) is 121 Å². The Bertz CT molecular complexity index is 2460. The third-order valence-corrected chi connectivity index (χ3v) is 23.9. The Morgan fingerprint density at radius 3 is 1.55 bits per heavy atom. The average molecular weight is 1250 g/mol. The van der Waals surface area contributed by atoms with Crippen LogP contribution in [0.3, 0.4) is 0 Å². The zero-order valence-electron chi connectivity index (χ0n) is 51.2. The molecule has 0 radical (unpaired) electrons. The highest BCUT2D eigenvalue weighted by Crippen LogP contribution is 2.76. The Morgan fingerprint density at radius 1 is 0.517 bits per heavy atom. The molecule has 5 aliphatic heterocycles. The molecule has 5 saturated heterocycles. The van der Waals surface area contributed by atoms with Gasteiger partial charge in [0.25, 0.3) is 0 Å². The van der Waals surface area contributed by atoms with E-state index in [4.69, 9.17) is 47.4 Å². The fraction of sp³-hybridized carbons (Fsp3) is 0.950. The van der Waals surface area contributed by atoms with Gasteiger partial charge in [0, 0.05) is 10.8 Å². The Balaban J connectivity index is 0.914. The normalized spacial score (nSPS) is 56.9. The van der Waals surface area contributed by atoms with Gasteiger partial charge < -0.3 is 129 Å². The van der Waals surface area contributed by atoms with Gasteiger partial charge >= 0.3 is 5.97 Å². The maximum absolute atomic E-state index is 12.8. The molecule has 16 N–H and O–H groups in total. The Hall–Kier alpha value is -1.79. The SMILES string of the molecule is CC1OC(OC2C(CO)OC(OC3C(OC4CCC5(C)C(CCC6(C)C5CC=C5C7CC(C)(C)C(OC8OC(C)C(O)C(O)C8O)C(O)C7(C)CCC56C)C4(C)CO)OC(C(=O)O)C(O)C3O)C(OC3OC(C)C(O)C(O)C3O)C2O)C(O)C(O)C1O. The molecule has 5 aliphatic carbocycles. The summed E-state index contributed by atoms with van der Waals surface area (Å²) in [5.41, 5.74) is -2.14. The fourth-order valence-electron chi connectivity index (χ4n) is 18.1. The first-order chi connectivity index (χ1) is 40.6. The molecule has 5 heterocycles. The number of aliphatic hydroxyl groups excluding tert-OH is 15. The van der Waals surface area contributed by atoms with Gasteiger partial charge in [0.2, 0.25) is 0 Å². The quantitative estimate of drug-likeness (QED) is 0.0663. The number of ether oxygens (including phenoxy) is 10. The number of aliphatic hydroxyl groups is 15. The number of rotatable bonds is 13. The van der Waals surface area contributed by atoms with Crippen molar-refractivity contribution in [2.24, 2.45) is 50.2 Å². The van der Waals surface area contributed by atoms with Crippen LogP contribution in [-0.4, -0.2) is 273 Å². The molecule has 27 heteroatoms. The molecule has 10 aliphatic rings. The van der Waals surface area contributed by atoms with Crippen LogP contribution in [0.2, 0.25) is 0 Å².